The maximum Gasteiger partial charge on any atom is 0.417 e. The second kappa shape index (κ2) is 8.04. The van der Waals surface area contributed by atoms with E-state index in [1.165, 1.54) is 4.90 Å². The number of hydrogen-bond acceptors (Lipinski definition) is 5. The number of hydrogen-bond donors (Lipinski definition) is 1. The molecule has 3 heterocycles. The lowest BCUT2D eigenvalue weighted by Gasteiger charge is -2.27. The van der Waals surface area contributed by atoms with E-state index >= 15 is 0 Å². The first-order valence-corrected chi connectivity index (χ1v) is 10.5. The molecule has 7 nitrogen and oxygen atoms in total. The Morgan fingerprint density at radius 1 is 1.32 bits per heavy atom. The SMILES string of the molecule is C[C@H]1CC(=O)Nc2ccccc2N1C(=O)CSc1nnc2c(Cl)cc(C(F)(F)F)cn12. The summed E-state index contributed by atoms with van der Waals surface area (Å²) >= 11 is 6.86. The number of fused-ring (bicyclic) bond motifs is 2. The molecule has 31 heavy (non-hydrogen) atoms. The van der Waals surface area contributed by atoms with E-state index in [1.807, 2.05) is 0 Å². The van der Waals surface area contributed by atoms with Crippen molar-refractivity contribution >= 4 is 52.2 Å². The summed E-state index contributed by atoms with van der Waals surface area (Å²) in [4.78, 5) is 26.6. The predicted molar refractivity (Wildman–Crippen MR) is 110 cm³/mol. The highest BCUT2D eigenvalue weighted by Gasteiger charge is 2.33. The van der Waals surface area contributed by atoms with Crippen molar-refractivity contribution in [2.24, 2.45) is 0 Å². The molecule has 1 aliphatic heterocycles. The van der Waals surface area contributed by atoms with E-state index < -0.39 is 17.8 Å². The normalized spacial score (nSPS) is 16.7. The number of amides is 2. The van der Waals surface area contributed by atoms with Crippen LogP contribution in [0.25, 0.3) is 5.65 Å². The van der Waals surface area contributed by atoms with Crippen LogP contribution < -0.4 is 10.2 Å². The number of carbonyl (C=O) groups excluding carboxylic acids is 2. The van der Waals surface area contributed by atoms with Gasteiger partial charge in [0.1, 0.15) is 0 Å². The van der Waals surface area contributed by atoms with Crippen LogP contribution in [0.1, 0.15) is 18.9 Å². The largest absolute Gasteiger partial charge is 0.417 e. The monoisotopic (exact) mass is 469 g/mol. The lowest BCUT2D eigenvalue weighted by Crippen LogP contribution is -2.40. The van der Waals surface area contributed by atoms with E-state index in [2.05, 4.69) is 15.5 Å². The number of pyridine rings is 1. The number of para-hydroxylation sites is 2. The maximum atomic E-state index is 13.1. The number of alkyl halides is 3. The van der Waals surface area contributed by atoms with Crippen LogP contribution in [0, 0.1) is 0 Å². The van der Waals surface area contributed by atoms with Gasteiger partial charge in [-0.1, -0.05) is 35.5 Å². The number of anilines is 2. The highest BCUT2D eigenvalue weighted by molar-refractivity contribution is 7.99. The smallest absolute Gasteiger partial charge is 0.324 e. The third-order valence-corrected chi connectivity index (χ3v) is 5.91. The summed E-state index contributed by atoms with van der Waals surface area (Å²) in [5.41, 5.74) is 0.190. The summed E-state index contributed by atoms with van der Waals surface area (Å²) in [5, 5.41) is 10.4. The van der Waals surface area contributed by atoms with Gasteiger partial charge in [0.05, 0.1) is 27.7 Å². The molecule has 0 radical (unpaired) electrons. The average molecular weight is 470 g/mol. The molecule has 4 rings (SSSR count). The summed E-state index contributed by atoms with van der Waals surface area (Å²) < 4.78 is 40.5. The van der Waals surface area contributed by atoms with Gasteiger partial charge in [0.15, 0.2) is 10.8 Å². The third kappa shape index (κ3) is 4.19. The minimum absolute atomic E-state index is 0.0629. The molecule has 0 bridgehead atoms. The van der Waals surface area contributed by atoms with Gasteiger partial charge >= 0.3 is 6.18 Å². The molecule has 0 saturated heterocycles. The molecule has 1 atom stereocenters. The van der Waals surface area contributed by atoms with Crippen LogP contribution in [0.4, 0.5) is 24.5 Å². The van der Waals surface area contributed by atoms with Crippen molar-refractivity contribution in [2.45, 2.75) is 30.7 Å². The topological polar surface area (TPSA) is 79.6 Å². The van der Waals surface area contributed by atoms with Crippen molar-refractivity contribution in [3.63, 3.8) is 0 Å². The summed E-state index contributed by atoms with van der Waals surface area (Å²) in [7, 11) is 0. The average Bonchev–Trinajstić information content (AvgIpc) is 3.05. The Bertz CT molecular complexity index is 1180. The van der Waals surface area contributed by atoms with Crippen LogP contribution in [0.2, 0.25) is 5.02 Å². The van der Waals surface area contributed by atoms with Crippen molar-refractivity contribution in [1.82, 2.24) is 14.6 Å². The molecule has 0 unspecified atom stereocenters. The maximum absolute atomic E-state index is 13.1. The molecule has 3 aromatic rings. The van der Waals surface area contributed by atoms with Gasteiger partial charge in [-0.2, -0.15) is 13.2 Å². The Hall–Kier alpha value is -2.79. The number of rotatable bonds is 3. The van der Waals surface area contributed by atoms with E-state index in [1.54, 1.807) is 31.2 Å². The first-order chi connectivity index (χ1) is 14.6. The zero-order valence-corrected chi connectivity index (χ0v) is 17.6. The molecular weight excluding hydrogens is 455 g/mol. The quantitative estimate of drug-likeness (QED) is 0.580. The molecule has 0 fully saturated rings. The molecule has 2 aromatic heterocycles. The number of halogens is 4. The van der Waals surface area contributed by atoms with Crippen molar-refractivity contribution in [2.75, 3.05) is 16.0 Å². The molecule has 2 amide bonds. The van der Waals surface area contributed by atoms with Gasteiger partial charge in [-0.25, -0.2) is 0 Å². The van der Waals surface area contributed by atoms with Crippen LogP contribution in [0.15, 0.2) is 41.7 Å². The second-order valence-electron chi connectivity index (χ2n) is 6.92. The number of nitrogens with zero attached hydrogens (tertiary/aromatic N) is 4. The van der Waals surface area contributed by atoms with Crippen LogP contribution in [-0.2, 0) is 15.8 Å². The summed E-state index contributed by atoms with van der Waals surface area (Å²) in [5.74, 6) is -0.654. The Morgan fingerprint density at radius 3 is 2.81 bits per heavy atom. The van der Waals surface area contributed by atoms with Crippen molar-refractivity contribution in [3.05, 3.63) is 47.1 Å². The molecule has 1 aliphatic rings. The van der Waals surface area contributed by atoms with Gasteiger partial charge in [0, 0.05) is 18.7 Å². The molecule has 0 spiro atoms. The Labute approximate surface area is 183 Å². The zero-order valence-electron chi connectivity index (χ0n) is 16.0. The number of nitrogens with one attached hydrogen (secondary N) is 1. The van der Waals surface area contributed by atoms with Crippen LogP contribution in [0.5, 0.6) is 0 Å². The van der Waals surface area contributed by atoms with E-state index in [0.717, 1.165) is 28.4 Å². The van der Waals surface area contributed by atoms with Crippen LogP contribution in [0.3, 0.4) is 0 Å². The fourth-order valence-electron chi connectivity index (χ4n) is 3.35. The highest BCUT2D eigenvalue weighted by atomic mass is 35.5. The van der Waals surface area contributed by atoms with Gasteiger partial charge < -0.3 is 10.2 Å². The number of carbonyl (C=O) groups is 2. The summed E-state index contributed by atoms with van der Waals surface area (Å²) in [6.45, 7) is 1.76. The summed E-state index contributed by atoms with van der Waals surface area (Å²) in [6, 6.07) is 7.30. The molecule has 162 valence electrons. The zero-order chi connectivity index (χ0) is 22.3. The predicted octanol–water partition coefficient (Wildman–Crippen LogP) is 4.26. The Kier molecular flexibility index (Phi) is 5.56. The first-order valence-electron chi connectivity index (χ1n) is 9.10. The first kappa shape index (κ1) is 21.4. The van der Waals surface area contributed by atoms with E-state index in [9.17, 15) is 22.8 Å². The minimum atomic E-state index is -4.59. The summed E-state index contributed by atoms with van der Waals surface area (Å²) in [6.07, 6.45) is -3.63. The molecule has 0 saturated carbocycles. The lowest BCUT2D eigenvalue weighted by atomic mass is 10.2. The van der Waals surface area contributed by atoms with Crippen molar-refractivity contribution in [3.8, 4) is 0 Å². The number of aromatic nitrogens is 3. The molecule has 1 N–H and O–H groups in total. The van der Waals surface area contributed by atoms with Gasteiger partial charge in [0.2, 0.25) is 11.8 Å². The van der Waals surface area contributed by atoms with Gasteiger partial charge in [0.25, 0.3) is 0 Å². The number of thioether (sulfide) groups is 1. The fourth-order valence-corrected chi connectivity index (χ4v) is 4.37. The van der Waals surface area contributed by atoms with Crippen molar-refractivity contribution < 1.29 is 22.8 Å². The van der Waals surface area contributed by atoms with Crippen molar-refractivity contribution in [1.29, 1.82) is 0 Å². The van der Waals surface area contributed by atoms with E-state index in [-0.39, 0.29) is 39.8 Å². The van der Waals surface area contributed by atoms with Crippen LogP contribution >= 0.6 is 23.4 Å². The van der Waals surface area contributed by atoms with Crippen LogP contribution in [-0.4, -0.2) is 38.2 Å². The Morgan fingerprint density at radius 2 is 2.06 bits per heavy atom. The minimum Gasteiger partial charge on any atom is -0.324 e. The third-order valence-electron chi connectivity index (χ3n) is 4.71. The molecule has 1 aromatic carbocycles. The van der Waals surface area contributed by atoms with Gasteiger partial charge in [-0.3, -0.25) is 14.0 Å². The van der Waals surface area contributed by atoms with E-state index in [0.29, 0.717) is 11.4 Å². The molecule has 0 aliphatic carbocycles. The number of benzene rings is 1. The van der Waals surface area contributed by atoms with E-state index in [4.69, 9.17) is 11.6 Å². The van der Waals surface area contributed by atoms with Gasteiger partial charge in [-0.05, 0) is 25.1 Å². The second-order valence-corrected chi connectivity index (χ2v) is 8.27. The lowest BCUT2D eigenvalue weighted by molar-refractivity contribution is -0.138. The standard InChI is InChI=1S/C19H15ClF3N5O2S/c1-10-6-15(29)24-13-4-2-3-5-14(13)28(10)16(30)9-31-18-26-25-17-12(20)7-11(8-27(17)18)19(21,22)23/h2-5,7-8,10H,6,9H2,1H3,(H,24,29)/t10-/m0/s1. The Balaban J connectivity index is 1.61. The highest BCUT2D eigenvalue weighted by Crippen LogP contribution is 2.34. The molecular formula is C19H15ClF3N5O2S. The fraction of sp³-hybridized carbons (Fsp3) is 0.263. The van der Waals surface area contributed by atoms with Gasteiger partial charge in [-0.15, -0.1) is 10.2 Å². The molecule has 12 heteroatoms.